The number of pyridine rings is 1. The van der Waals surface area contributed by atoms with Crippen LogP contribution >= 0.6 is 15.9 Å². The SMILES string of the molecule is [C-]#[N+]c1ccc2c(Br)cn(S(=O)(=O)c3ccccc3)c2n1. The van der Waals surface area contributed by atoms with Crippen molar-refractivity contribution in [3.8, 4) is 0 Å². The minimum absolute atomic E-state index is 0.151. The molecule has 0 aliphatic carbocycles. The van der Waals surface area contributed by atoms with Crippen LogP contribution in [0.25, 0.3) is 15.9 Å². The van der Waals surface area contributed by atoms with Crippen LogP contribution in [0, 0.1) is 6.57 Å². The highest BCUT2D eigenvalue weighted by Crippen LogP contribution is 2.29. The van der Waals surface area contributed by atoms with Crippen molar-refractivity contribution in [2.75, 3.05) is 0 Å². The van der Waals surface area contributed by atoms with E-state index in [4.69, 9.17) is 6.57 Å². The molecule has 0 saturated carbocycles. The molecule has 0 spiro atoms. The second-order valence-corrected chi connectivity index (χ2v) is 6.91. The van der Waals surface area contributed by atoms with Crippen LogP contribution in [0.3, 0.4) is 0 Å². The highest BCUT2D eigenvalue weighted by Gasteiger charge is 2.23. The van der Waals surface area contributed by atoms with Crippen molar-refractivity contribution < 1.29 is 8.42 Å². The molecule has 2 aromatic heterocycles. The van der Waals surface area contributed by atoms with Gasteiger partial charge in [0.2, 0.25) is 5.65 Å². The van der Waals surface area contributed by atoms with Crippen molar-refractivity contribution in [2.45, 2.75) is 4.90 Å². The normalized spacial score (nSPS) is 11.4. The minimum atomic E-state index is -3.75. The Bertz CT molecular complexity index is 973. The van der Waals surface area contributed by atoms with Crippen molar-refractivity contribution in [3.63, 3.8) is 0 Å². The Morgan fingerprint density at radius 1 is 1.14 bits per heavy atom. The zero-order valence-corrected chi connectivity index (χ0v) is 13.0. The Kier molecular flexibility index (Phi) is 3.27. The molecule has 3 rings (SSSR count). The summed E-state index contributed by atoms with van der Waals surface area (Å²) in [7, 11) is -3.75. The van der Waals surface area contributed by atoms with Crippen LogP contribution in [-0.4, -0.2) is 17.4 Å². The number of halogens is 1. The summed E-state index contributed by atoms with van der Waals surface area (Å²) in [5.41, 5.74) is 0.235. The molecule has 21 heavy (non-hydrogen) atoms. The second kappa shape index (κ2) is 4.98. The molecule has 0 bridgehead atoms. The number of benzene rings is 1. The third-order valence-electron chi connectivity index (χ3n) is 2.97. The third-order valence-corrected chi connectivity index (χ3v) is 5.27. The van der Waals surface area contributed by atoms with E-state index in [1.807, 2.05) is 0 Å². The smallest absolute Gasteiger partial charge is 0.271 e. The fourth-order valence-corrected chi connectivity index (χ4v) is 3.97. The number of hydrogen-bond acceptors (Lipinski definition) is 3. The van der Waals surface area contributed by atoms with E-state index in [1.54, 1.807) is 30.3 Å². The minimum Gasteiger partial charge on any atom is -0.361 e. The van der Waals surface area contributed by atoms with E-state index in [9.17, 15) is 8.42 Å². The first-order valence-corrected chi connectivity index (χ1v) is 8.13. The van der Waals surface area contributed by atoms with Gasteiger partial charge >= 0.3 is 0 Å². The molecular formula is C14H8BrN3O2S. The Labute approximate surface area is 129 Å². The van der Waals surface area contributed by atoms with Crippen LogP contribution in [0.5, 0.6) is 0 Å². The number of aromatic nitrogens is 2. The molecule has 0 amide bonds. The van der Waals surface area contributed by atoms with E-state index in [0.717, 1.165) is 3.97 Å². The van der Waals surface area contributed by atoms with Gasteiger partial charge < -0.3 is 4.85 Å². The van der Waals surface area contributed by atoms with Crippen molar-refractivity contribution in [2.24, 2.45) is 0 Å². The predicted octanol–water partition coefficient (Wildman–Crippen LogP) is 3.59. The Balaban J connectivity index is 2.33. The van der Waals surface area contributed by atoms with Crippen molar-refractivity contribution in [1.82, 2.24) is 8.96 Å². The van der Waals surface area contributed by atoms with Gasteiger partial charge in [-0.05, 0) is 34.1 Å². The molecule has 1 aromatic carbocycles. The topological polar surface area (TPSA) is 56.3 Å². The summed E-state index contributed by atoms with van der Waals surface area (Å²) in [6.07, 6.45) is 1.45. The van der Waals surface area contributed by atoms with Gasteiger partial charge in [-0.3, -0.25) is 0 Å². The molecule has 0 aliphatic heterocycles. The lowest BCUT2D eigenvalue weighted by molar-refractivity contribution is 0.588. The maximum absolute atomic E-state index is 12.7. The van der Waals surface area contributed by atoms with Gasteiger partial charge in [0.05, 0.1) is 10.3 Å². The van der Waals surface area contributed by atoms with Gasteiger partial charge in [-0.15, -0.1) is 4.98 Å². The average molecular weight is 362 g/mol. The largest absolute Gasteiger partial charge is 0.361 e. The van der Waals surface area contributed by atoms with Crippen LogP contribution in [0.4, 0.5) is 5.82 Å². The maximum atomic E-state index is 12.7. The molecule has 0 fully saturated rings. The van der Waals surface area contributed by atoms with Gasteiger partial charge in [-0.25, -0.2) is 12.4 Å². The van der Waals surface area contributed by atoms with E-state index in [1.165, 1.54) is 18.3 Å². The lowest BCUT2D eigenvalue weighted by Crippen LogP contribution is -2.12. The standard InChI is InChI=1S/C14H8BrN3O2S/c1-16-13-8-7-11-12(15)9-18(14(11)17-13)21(19,20)10-5-3-2-4-6-10/h2-9H. The zero-order valence-electron chi connectivity index (χ0n) is 10.6. The summed E-state index contributed by atoms with van der Waals surface area (Å²) in [5, 5.41) is 0.641. The summed E-state index contributed by atoms with van der Waals surface area (Å²) in [6, 6.07) is 11.3. The summed E-state index contributed by atoms with van der Waals surface area (Å²) in [6.45, 7) is 7.01. The van der Waals surface area contributed by atoms with Crippen molar-refractivity contribution in [1.29, 1.82) is 0 Å². The van der Waals surface area contributed by atoms with Gasteiger partial charge in [-0.2, -0.15) is 0 Å². The van der Waals surface area contributed by atoms with E-state index in [-0.39, 0.29) is 16.4 Å². The van der Waals surface area contributed by atoms with Crippen LogP contribution in [0.1, 0.15) is 0 Å². The van der Waals surface area contributed by atoms with E-state index in [2.05, 4.69) is 25.8 Å². The lowest BCUT2D eigenvalue weighted by Gasteiger charge is -2.04. The molecule has 0 radical (unpaired) electrons. The number of hydrogen-bond donors (Lipinski definition) is 0. The fraction of sp³-hybridized carbons (Fsp3) is 0. The van der Waals surface area contributed by atoms with Crippen molar-refractivity contribution >= 4 is 42.8 Å². The third kappa shape index (κ3) is 2.22. The molecule has 104 valence electrons. The van der Waals surface area contributed by atoms with Gasteiger partial charge in [0.15, 0.2) is 0 Å². The summed E-state index contributed by atoms with van der Waals surface area (Å²) in [4.78, 5) is 7.52. The summed E-state index contributed by atoms with van der Waals surface area (Å²) < 4.78 is 27.1. The van der Waals surface area contributed by atoms with E-state index < -0.39 is 10.0 Å². The van der Waals surface area contributed by atoms with Crippen LogP contribution in [0.2, 0.25) is 0 Å². The zero-order chi connectivity index (χ0) is 15.0. The number of rotatable bonds is 2. The molecule has 0 unspecified atom stereocenters. The molecule has 0 aliphatic rings. The summed E-state index contributed by atoms with van der Waals surface area (Å²) in [5.74, 6) is 0.151. The molecular weight excluding hydrogens is 354 g/mol. The molecule has 0 saturated heterocycles. The second-order valence-electron chi connectivity index (χ2n) is 4.24. The highest BCUT2D eigenvalue weighted by molar-refractivity contribution is 9.10. The molecule has 2 heterocycles. The first-order chi connectivity index (χ1) is 10.0. The number of nitrogens with zero attached hydrogens (tertiary/aromatic N) is 3. The van der Waals surface area contributed by atoms with Gasteiger partial charge in [-0.1, -0.05) is 30.8 Å². The Morgan fingerprint density at radius 3 is 2.52 bits per heavy atom. The van der Waals surface area contributed by atoms with Crippen LogP contribution < -0.4 is 0 Å². The van der Waals surface area contributed by atoms with Gasteiger partial charge in [0.1, 0.15) is 0 Å². The fourth-order valence-electron chi connectivity index (χ4n) is 1.98. The molecule has 7 heteroatoms. The Hall–Kier alpha value is -2.17. The predicted molar refractivity (Wildman–Crippen MR) is 82.7 cm³/mol. The molecule has 0 atom stereocenters. The molecule has 5 nitrogen and oxygen atoms in total. The van der Waals surface area contributed by atoms with Gasteiger partial charge in [0, 0.05) is 10.7 Å². The first kappa shape index (κ1) is 13.8. The van der Waals surface area contributed by atoms with Crippen LogP contribution in [-0.2, 0) is 10.0 Å². The number of fused-ring (bicyclic) bond motifs is 1. The highest BCUT2D eigenvalue weighted by atomic mass is 79.9. The quantitative estimate of drug-likeness (QED) is 0.655. The first-order valence-electron chi connectivity index (χ1n) is 5.90. The monoisotopic (exact) mass is 361 g/mol. The van der Waals surface area contributed by atoms with Crippen LogP contribution in [0.15, 0.2) is 58.0 Å². The molecule has 0 N–H and O–H groups in total. The maximum Gasteiger partial charge on any atom is 0.271 e. The average Bonchev–Trinajstić information content (AvgIpc) is 2.85. The Morgan fingerprint density at radius 2 is 1.86 bits per heavy atom. The summed E-state index contributed by atoms with van der Waals surface area (Å²) >= 11 is 3.33. The van der Waals surface area contributed by atoms with E-state index in [0.29, 0.717) is 9.86 Å². The van der Waals surface area contributed by atoms with Gasteiger partial charge in [0.25, 0.3) is 15.8 Å². The molecule has 3 aromatic rings. The van der Waals surface area contributed by atoms with E-state index >= 15 is 0 Å². The lowest BCUT2D eigenvalue weighted by atomic mass is 10.3. The van der Waals surface area contributed by atoms with Crippen molar-refractivity contribution in [3.05, 3.63) is 64.6 Å².